The molecule has 0 radical (unpaired) electrons. The van der Waals surface area contributed by atoms with Crippen LogP contribution in [0.4, 0.5) is 10.1 Å². The Hall–Kier alpha value is -3.22. The first-order valence-corrected chi connectivity index (χ1v) is 8.75. The molecule has 0 atom stereocenters. The first-order chi connectivity index (χ1) is 13.1. The van der Waals surface area contributed by atoms with Crippen molar-refractivity contribution in [3.8, 4) is 0 Å². The molecule has 7 heteroatoms. The number of carbonyl (C=O) groups is 3. The Morgan fingerprint density at radius 1 is 0.964 bits per heavy atom. The van der Waals surface area contributed by atoms with E-state index in [1.165, 1.54) is 12.1 Å². The highest BCUT2D eigenvalue weighted by atomic mass is 19.1. The topological polar surface area (TPSA) is 84.5 Å². The molecule has 0 heterocycles. The summed E-state index contributed by atoms with van der Waals surface area (Å²) >= 11 is 0. The number of amides is 2. The van der Waals surface area contributed by atoms with Crippen molar-refractivity contribution in [1.82, 2.24) is 5.32 Å². The van der Waals surface area contributed by atoms with E-state index < -0.39 is 36.8 Å². The molecule has 2 aromatic rings. The Balaban J connectivity index is 1.74. The Bertz CT molecular complexity index is 840. The summed E-state index contributed by atoms with van der Waals surface area (Å²) in [6.07, 6.45) is 0. The molecule has 0 bridgehead atoms. The zero-order valence-electron chi connectivity index (χ0n) is 16.0. The normalized spacial score (nSPS) is 10.9. The lowest BCUT2D eigenvalue weighted by molar-refractivity contribution is -0.146. The van der Waals surface area contributed by atoms with E-state index >= 15 is 0 Å². The number of ether oxygens (including phenoxy) is 1. The molecule has 148 valence electrons. The number of halogens is 1. The predicted molar refractivity (Wildman–Crippen MR) is 103 cm³/mol. The van der Waals surface area contributed by atoms with Crippen LogP contribution in [-0.2, 0) is 19.7 Å². The smallest absolute Gasteiger partial charge is 0.325 e. The minimum atomic E-state index is -0.756. The van der Waals surface area contributed by atoms with Gasteiger partial charge in [0, 0.05) is 11.3 Å². The van der Waals surface area contributed by atoms with Gasteiger partial charge in [-0.3, -0.25) is 14.4 Å². The molecular formula is C21H23FN2O4. The van der Waals surface area contributed by atoms with Gasteiger partial charge in [0.1, 0.15) is 12.4 Å². The molecule has 2 rings (SSSR count). The highest BCUT2D eigenvalue weighted by molar-refractivity contribution is 5.96. The van der Waals surface area contributed by atoms with Crippen molar-refractivity contribution in [1.29, 1.82) is 0 Å². The lowest BCUT2D eigenvalue weighted by Gasteiger charge is -2.19. The molecule has 0 saturated carbocycles. The Labute approximate surface area is 163 Å². The van der Waals surface area contributed by atoms with Gasteiger partial charge in [0.05, 0.1) is 0 Å². The van der Waals surface area contributed by atoms with Gasteiger partial charge in [-0.15, -0.1) is 0 Å². The summed E-state index contributed by atoms with van der Waals surface area (Å²) in [4.78, 5) is 35.4. The van der Waals surface area contributed by atoms with Crippen LogP contribution in [0.25, 0.3) is 0 Å². The van der Waals surface area contributed by atoms with Gasteiger partial charge >= 0.3 is 5.97 Å². The second-order valence-electron chi connectivity index (χ2n) is 7.23. The Kier molecular flexibility index (Phi) is 6.87. The van der Waals surface area contributed by atoms with Crippen LogP contribution < -0.4 is 10.6 Å². The van der Waals surface area contributed by atoms with Gasteiger partial charge in [-0.1, -0.05) is 32.9 Å². The highest BCUT2D eigenvalue weighted by Gasteiger charge is 2.14. The van der Waals surface area contributed by atoms with Gasteiger partial charge in [0.2, 0.25) is 0 Å². The molecule has 0 spiro atoms. The second kappa shape index (κ2) is 9.12. The van der Waals surface area contributed by atoms with Crippen LogP contribution in [0.5, 0.6) is 0 Å². The van der Waals surface area contributed by atoms with Crippen molar-refractivity contribution in [2.45, 2.75) is 26.2 Å². The van der Waals surface area contributed by atoms with Crippen molar-refractivity contribution >= 4 is 23.5 Å². The molecule has 0 aromatic heterocycles. The van der Waals surface area contributed by atoms with E-state index in [0.29, 0.717) is 5.69 Å². The van der Waals surface area contributed by atoms with E-state index in [1.54, 1.807) is 12.1 Å². The average Bonchev–Trinajstić information content (AvgIpc) is 2.64. The van der Waals surface area contributed by atoms with E-state index in [1.807, 2.05) is 12.1 Å². The predicted octanol–water partition coefficient (Wildman–Crippen LogP) is 3.03. The third kappa shape index (κ3) is 6.50. The first-order valence-electron chi connectivity index (χ1n) is 8.75. The van der Waals surface area contributed by atoms with Gasteiger partial charge in [0.25, 0.3) is 11.8 Å². The van der Waals surface area contributed by atoms with E-state index in [2.05, 4.69) is 31.4 Å². The second-order valence-corrected chi connectivity index (χ2v) is 7.23. The summed E-state index contributed by atoms with van der Waals surface area (Å²) in [5.41, 5.74) is 1.95. The van der Waals surface area contributed by atoms with Crippen LogP contribution in [0.3, 0.4) is 0 Å². The lowest BCUT2D eigenvalue weighted by atomic mass is 9.87. The zero-order chi connectivity index (χ0) is 20.7. The fourth-order valence-corrected chi connectivity index (χ4v) is 2.30. The molecule has 2 N–H and O–H groups in total. The minimum Gasteiger partial charge on any atom is -0.454 e. The van der Waals surface area contributed by atoms with Crippen LogP contribution >= 0.6 is 0 Å². The van der Waals surface area contributed by atoms with Gasteiger partial charge in [0.15, 0.2) is 6.61 Å². The van der Waals surface area contributed by atoms with E-state index in [4.69, 9.17) is 4.74 Å². The van der Waals surface area contributed by atoms with Crippen molar-refractivity contribution in [2.24, 2.45) is 0 Å². The number of esters is 1. The standard InChI is InChI=1S/C21H23FN2O4/c1-21(2,3)15-6-10-17(11-7-15)24-18(25)13-28-19(26)12-23-20(27)14-4-8-16(22)9-5-14/h4-11H,12-13H2,1-3H3,(H,23,27)(H,24,25). The van der Waals surface area contributed by atoms with Crippen molar-refractivity contribution in [3.63, 3.8) is 0 Å². The molecule has 0 fully saturated rings. The quantitative estimate of drug-likeness (QED) is 0.748. The first kappa shape index (κ1) is 21.1. The number of benzene rings is 2. The molecule has 0 unspecified atom stereocenters. The Morgan fingerprint density at radius 3 is 2.14 bits per heavy atom. The summed E-state index contributed by atoms with van der Waals surface area (Å²) in [5.74, 6) is -2.24. The molecule has 28 heavy (non-hydrogen) atoms. The molecular weight excluding hydrogens is 363 g/mol. The fourth-order valence-electron chi connectivity index (χ4n) is 2.30. The number of nitrogens with one attached hydrogen (secondary N) is 2. The summed E-state index contributed by atoms with van der Waals surface area (Å²) in [6, 6.07) is 12.3. The summed E-state index contributed by atoms with van der Waals surface area (Å²) in [5, 5.41) is 4.98. The maximum Gasteiger partial charge on any atom is 0.325 e. The van der Waals surface area contributed by atoms with Crippen LogP contribution in [-0.4, -0.2) is 30.9 Å². The minimum absolute atomic E-state index is 0.0103. The van der Waals surface area contributed by atoms with Crippen molar-refractivity contribution in [3.05, 3.63) is 65.5 Å². The molecule has 2 aromatic carbocycles. The van der Waals surface area contributed by atoms with Crippen LogP contribution in [0.2, 0.25) is 0 Å². The molecule has 0 aliphatic rings. The van der Waals surface area contributed by atoms with E-state index in [9.17, 15) is 18.8 Å². The Morgan fingerprint density at radius 2 is 1.57 bits per heavy atom. The van der Waals surface area contributed by atoms with Crippen LogP contribution in [0.1, 0.15) is 36.7 Å². The highest BCUT2D eigenvalue weighted by Crippen LogP contribution is 2.23. The van der Waals surface area contributed by atoms with Crippen molar-refractivity contribution < 1.29 is 23.5 Å². The van der Waals surface area contributed by atoms with Gasteiger partial charge in [-0.25, -0.2) is 4.39 Å². The molecule has 6 nitrogen and oxygen atoms in total. The maximum atomic E-state index is 12.8. The number of hydrogen-bond acceptors (Lipinski definition) is 4. The van der Waals surface area contributed by atoms with E-state index in [-0.39, 0.29) is 11.0 Å². The molecule has 0 aliphatic heterocycles. The molecule has 0 saturated heterocycles. The molecule has 2 amide bonds. The van der Waals surface area contributed by atoms with Crippen LogP contribution in [0, 0.1) is 5.82 Å². The summed E-state index contributed by atoms with van der Waals surface area (Å²) in [7, 11) is 0. The maximum absolute atomic E-state index is 12.8. The number of hydrogen-bond donors (Lipinski definition) is 2. The zero-order valence-corrected chi connectivity index (χ0v) is 16.0. The van der Waals surface area contributed by atoms with Gasteiger partial charge < -0.3 is 15.4 Å². The molecule has 0 aliphatic carbocycles. The van der Waals surface area contributed by atoms with Gasteiger partial charge in [-0.2, -0.15) is 0 Å². The monoisotopic (exact) mass is 386 g/mol. The third-order valence-corrected chi connectivity index (χ3v) is 3.90. The summed E-state index contributed by atoms with van der Waals surface area (Å²) < 4.78 is 17.7. The fraction of sp³-hybridized carbons (Fsp3) is 0.286. The summed E-state index contributed by atoms with van der Waals surface area (Å²) in [6.45, 7) is 5.41. The number of rotatable bonds is 6. The average molecular weight is 386 g/mol. The largest absolute Gasteiger partial charge is 0.454 e. The number of anilines is 1. The SMILES string of the molecule is CC(C)(C)c1ccc(NC(=O)COC(=O)CNC(=O)c2ccc(F)cc2)cc1. The van der Waals surface area contributed by atoms with E-state index in [0.717, 1.165) is 17.7 Å². The lowest BCUT2D eigenvalue weighted by Crippen LogP contribution is -2.32. The van der Waals surface area contributed by atoms with Crippen molar-refractivity contribution in [2.75, 3.05) is 18.5 Å². The van der Waals surface area contributed by atoms with Gasteiger partial charge in [-0.05, 0) is 47.4 Å². The third-order valence-electron chi connectivity index (χ3n) is 3.90. The number of carbonyl (C=O) groups excluding carboxylic acids is 3. The van der Waals surface area contributed by atoms with Crippen LogP contribution in [0.15, 0.2) is 48.5 Å².